The lowest BCUT2D eigenvalue weighted by Gasteiger charge is -2.32. The number of nitrogens with zero attached hydrogens (tertiary/aromatic N) is 3. The summed E-state index contributed by atoms with van der Waals surface area (Å²) in [6.45, 7) is 6.02. The van der Waals surface area contributed by atoms with Gasteiger partial charge in [-0.25, -0.2) is 5.01 Å². The molecule has 1 atom stereocenters. The van der Waals surface area contributed by atoms with Gasteiger partial charge in [-0.1, -0.05) is 0 Å². The van der Waals surface area contributed by atoms with E-state index >= 15 is 0 Å². The van der Waals surface area contributed by atoms with E-state index in [0.717, 1.165) is 38.2 Å². The lowest BCUT2D eigenvalue weighted by Crippen LogP contribution is -2.39. The number of phenolic OH excluding ortho intramolecular Hbond substituents is 2. The van der Waals surface area contributed by atoms with Crippen molar-refractivity contribution in [3.8, 4) is 11.5 Å². The highest BCUT2D eigenvalue weighted by atomic mass is 16.3. The van der Waals surface area contributed by atoms with E-state index in [2.05, 4.69) is 10.2 Å². The van der Waals surface area contributed by atoms with Crippen molar-refractivity contribution in [2.75, 3.05) is 63.8 Å². The van der Waals surface area contributed by atoms with Crippen molar-refractivity contribution in [3.05, 3.63) is 35.9 Å². The van der Waals surface area contributed by atoms with Gasteiger partial charge < -0.3 is 30.5 Å². The van der Waals surface area contributed by atoms with Crippen LogP contribution < -0.4 is 10.3 Å². The number of aliphatic hydroxyl groups is 1. The molecule has 0 radical (unpaired) electrons. The summed E-state index contributed by atoms with van der Waals surface area (Å²) in [4.78, 5) is 27.2. The molecule has 0 aromatic heterocycles. The average molecular weight is 509 g/mol. The van der Waals surface area contributed by atoms with Gasteiger partial charge in [0, 0.05) is 79.7 Å². The van der Waals surface area contributed by atoms with Crippen molar-refractivity contribution >= 4 is 45.0 Å². The predicted octanol–water partition coefficient (Wildman–Crippen LogP) is 3.20. The number of fused-ring (bicyclic) bond motifs is 2. The highest BCUT2D eigenvalue weighted by Gasteiger charge is 2.25. The minimum atomic E-state index is -0.772. The Kier molecular flexibility index (Phi) is 8.16. The van der Waals surface area contributed by atoms with E-state index in [1.807, 2.05) is 43.2 Å². The van der Waals surface area contributed by atoms with Crippen molar-refractivity contribution in [2.45, 2.75) is 19.8 Å². The molecule has 3 aromatic rings. The zero-order chi connectivity index (χ0) is 26.7. The van der Waals surface area contributed by atoms with Gasteiger partial charge in [0.2, 0.25) is 5.78 Å². The summed E-state index contributed by atoms with van der Waals surface area (Å²) in [5.41, 5.74) is 1.53. The van der Waals surface area contributed by atoms with Crippen LogP contribution in [0.25, 0.3) is 21.5 Å². The molecule has 0 saturated carbocycles. The van der Waals surface area contributed by atoms with Crippen molar-refractivity contribution in [2.24, 2.45) is 5.92 Å². The number of benzene rings is 3. The molecule has 0 aliphatic carbocycles. The minimum absolute atomic E-state index is 0.0633. The number of piperidine rings is 1. The highest BCUT2D eigenvalue weighted by molar-refractivity contribution is 6.41. The first-order chi connectivity index (χ1) is 17.8. The second kappa shape index (κ2) is 11.3. The molecule has 1 aliphatic heterocycles. The predicted molar refractivity (Wildman–Crippen MR) is 147 cm³/mol. The smallest absolute Gasteiger partial charge is 0.226 e. The molecular formula is C28H36N4O5. The number of anilines is 2. The number of Topliss-reactive ketones (excluding diaryl/α,β-unsaturated/α-hetero) is 1. The van der Waals surface area contributed by atoms with Gasteiger partial charge in [0.25, 0.3) is 0 Å². The number of hydrogen-bond donors (Lipinski definition) is 4. The SMILES string of the molecule is CCN(c1ccc(NCCN2CCCC(CO)C2)c2c(C(=O)C=O)c3c(O)ccc(O)c3cc12)N(C)C. The fraction of sp³-hybridized carbons (Fsp3) is 0.429. The number of hydrazine groups is 1. The molecule has 0 spiro atoms. The summed E-state index contributed by atoms with van der Waals surface area (Å²) in [5, 5.41) is 40.0. The Hall–Kier alpha value is -3.40. The fourth-order valence-electron chi connectivity index (χ4n) is 5.50. The van der Waals surface area contributed by atoms with Gasteiger partial charge in [0.1, 0.15) is 11.5 Å². The van der Waals surface area contributed by atoms with Crippen LogP contribution in [-0.4, -0.2) is 90.7 Å². The number of aldehydes is 1. The quantitative estimate of drug-likeness (QED) is 0.0818. The molecule has 4 rings (SSSR count). The number of nitrogens with one attached hydrogen (secondary N) is 1. The monoisotopic (exact) mass is 508 g/mol. The van der Waals surface area contributed by atoms with Crippen molar-refractivity contribution in [1.29, 1.82) is 0 Å². The van der Waals surface area contributed by atoms with Gasteiger partial charge in [-0.2, -0.15) is 0 Å². The van der Waals surface area contributed by atoms with Crippen LogP contribution in [0, 0.1) is 5.92 Å². The lowest BCUT2D eigenvalue weighted by atomic mass is 9.91. The van der Waals surface area contributed by atoms with Crippen LogP contribution in [0.1, 0.15) is 30.1 Å². The number of ketones is 1. The molecule has 1 fully saturated rings. The molecule has 37 heavy (non-hydrogen) atoms. The summed E-state index contributed by atoms with van der Waals surface area (Å²) < 4.78 is 0. The van der Waals surface area contributed by atoms with Crippen molar-refractivity contribution < 1.29 is 24.9 Å². The maximum Gasteiger partial charge on any atom is 0.226 e. The topological polar surface area (TPSA) is 117 Å². The number of carbonyl (C=O) groups is 2. The van der Waals surface area contributed by atoms with Crippen LogP contribution in [0.2, 0.25) is 0 Å². The number of rotatable bonds is 10. The van der Waals surface area contributed by atoms with Gasteiger partial charge in [-0.3, -0.25) is 9.59 Å². The molecule has 0 bridgehead atoms. The van der Waals surface area contributed by atoms with E-state index in [1.54, 1.807) is 6.07 Å². The standard InChI is InChI=1S/C28H36N4O5/c1-4-32(30(2)3)22-8-7-21(29-11-13-31-12-5-6-18(15-31)16-33)26-19(22)14-20-23(35)9-10-24(36)27(20)28(26)25(37)17-34/h7-10,14,17-18,29,33,35-36H,4-6,11-13,15-16H2,1-3H3. The van der Waals surface area contributed by atoms with Crippen molar-refractivity contribution in [1.82, 2.24) is 9.91 Å². The number of phenols is 2. The van der Waals surface area contributed by atoms with Gasteiger partial charge in [-0.15, -0.1) is 0 Å². The van der Waals surface area contributed by atoms with E-state index < -0.39 is 5.78 Å². The van der Waals surface area contributed by atoms with Gasteiger partial charge in [0.05, 0.1) is 5.69 Å². The minimum Gasteiger partial charge on any atom is -0.507 e. The summed E-state index contributed by atoms with van der Waals surface area (Å²) >= 11 is 0. The number of aromatic hydroxyl groups is 2. The Morgan fingerprint density at radius 1 is 1.14 bits per heavy atom. The Balaban J connectivity index is 1.88. The normalized spacial score (nSPS) is 16.4. The second-order valence-electron chi connectivity index (χ2n) is 9.80. The molecule has 0 amide bonds. The Labute approximate surface area is 216 Å². The third kappa shape index (κ3) is 5.20. The van der Waals surface area contributed by atoms with E-state index in [1.165, 1.54) is 12.1 Å². The van der Waals surface area contributed by atoms with Crippen LogP contribution >= 0.6 is 0 Å². The fourth-order valence-corrected chi connectivity index (χ4v) is 5.50. The van der Waals surface area contributed by atoms with E-state index in [0.29, 0.717) is 40.9 Å². The highest BCUT2D eigenvalue weighted by Crippen LogP contribution is 2.44. The Bertz CT molecular complexity index is 1310. The molecule has 1 aliphatic rings. The van der Waals surface area contributed by atoms with E-state index in [4.69, 9.17) is 0 Å². The number of hydrogen-bond acceptors (Lipinski definition) is 9. The molecular weight excluding hydrogens is 472 g/mol. The lowest BCUT2D eigenvalue weighted by molar-refractivity contribution is -0.104. The summed E-state index contributed by atoms with van der Waals surface area (Å²) in [6.07, 6.45) is 2.33. The Morgan fingerprint density at radius 3 is 2.57 bits per heavy atom. The van der Waals surface area contributed by atoms with Crippen LogP contribution in [-0.2, 0) is 4.79 Å². The van der Waals surface area contributed by atoms with Crippen molar-refractivity contribution in [3.63, 3.8) is 0 Å². The van der Waals surface area contributed by atoms with Crippen LogP contribution in [0.5, 0.6) is 11.5 Å². The largest absolute Gasteiger partial charge is 0.507 e. The van der Waals surface area contributed by atoms with Crippen LogP contribution in [0.15, 0.2) is 30.3 Å². The maximum absolute atomic E-state index is 13.1. The van der Waals surface area contributed by atoms with Gasteiger partial charge in [0.15, 0.2) is 6.29 Å². The molecule has 4 N–H and O–H groups in total. The Morgan fingerprint density at radius 2 is 1.89 bits per heavy atom. The van der Waals surface area contributed by atoms with Gasteiger partial charge >= 0.3 is 0 Å². The zero-order valence-corrected chi connectivity index (χ0v) is 21.7. The summed E-state index contributed by atoms with van der Waals surface area (Å²) in [5.74, 6) is -0.750. The third-order valence-corrected chi connectivity index (χ3v) is 7.23. The van der Waals surface area contributed by atoms with Gasteiger partial charge in [-0.05, 0) is 62.6 Å². The number of aliphatic hydroxyl groups excluding tert-OH is 1. The van der Waals surface area contributed by atoms with Crippen LogP contribution in [0.3, 0.4) is 0 Å². The maximum atomic E-state index is 13.1. The second-order valence-corrected chi connectivity index (χ2v) is 9.80. The van der Waals surface area contributed by atoms with E-state index in [9.17, 15) is 24.9 Å². The summed E-state index contributed by atoms with van der Waals surface area (Å²) in [6, 6.07) is 8.32. The molecule has 9 nitrogen and oxygen atoms in total. The zero-order valence-electron chi connectivity index (χ0n) is 21.7. The number of likely N-dealkylation sites (tertiary alicyclic amines) is 1. The first kappa shape index (κ1) is 26.7. The molecule has 1 unspecified atom stereocenters. The van der Waals surface area contributed by atoms with Crippen LogP contribution in [0.4, 0.5) is 11.4 Å². The first-order valence-corrected chi connectivity index (χ1v) is 12.8. The summed E-state index contributed by atoms with van der Waals surface area (Å²) in [7, 11) is 3.84. The third-order valence-electron chi connectivity index (χ3n) is 7.23. The molecule has 198 valence electrons. The first-order valence-electron chi connectivity index (χ1n) is 12.8. The number of carbonyl (C=O) groups excluding carboxylic acids is 2. The molecule has 9 heteroatoms. The molecule has 3 aromatic carbocycles. The molecule has 1 saturated heterocycles. The average Bonchev–Trinajstić information content (AvgIpc) is 2.90. The molecule has 1 heterocycles. The van der Waals surface area contributed by atoms with E-state index in [-0.39, 0.29) is 35.3 Å².